The van der Waals surface area contributed by atoms with Crippen LogP contribution in [0.4, 0.5) is 0 Å². The number of nitrogens with one attached hydrogen (secondary N) is 1. The van der Waals surface area contributed by atoms with E-state index in [2.05, 4.69) is 5.32 Å². The second-order valence-electron chi connectivity index (χ2n) is 4.28. The van der Waals surface area contributed by atoms with Gasteiger partial charge in [-0.25, -0.2) is 0 Å². The first-order valence-electron chi connectivity index (χ1n) is 5.73. The number of nitrogens with two attached hydrogens (primary N) is 1. The zero-order valence-electron chi connectivity index (χ0n) is 10.6. The summed E-state index contributed by atoms with van der Waals surface area (Å²) in [5.74, 6) is 0.366. The third-order valence-corrected chi connectivity index (χ3v) is 2.72. The van der Waals surface area contributed by atoms with Crippen LogP contribution >= 0.6 is 0 Å². The molecule has 0 radical (unpaired) electrons. The number of rotatable bonds is 6. The van der Waals surface area contributed by atoms with Gasteiger partial charge in [0.25, 0.3) is 0 Å². The normalized spacial score (nSPS) is 14.1. The zero-order chi connectivity index (χ0) is 12.9. The van der Waals surface area contributed by atoms with Crippen molar-refractivity contribution < 1.29 is 9.53 Å². The lowest BCUT2D eigenvalue weighted by atomic mass is 10.0. The lowest BCUT2D eigenvalue weighted by molar-refractivity contribution is -0.124. The molecule has 1 aromatic rings. The van der Waals surface area contributed by atoms with Crippen LogP contribution in [0.5, 0.6) is 5.75 Å². The second-order valence-corrected chi connectivity index (χ2v) is 4.28. The third kappa shape index (κ3) is 3.46. The van der Waals surface area contributed by atoms with Crippen LogP contribution in [0.25, 0.3) is 0 Å². The van der Waals surface area contributed by atoms with E-state index in [4.69, 9.17) is 10.5 Å². The summed E-state index contributed by atoms with van der Waals surface area (Å²) in [6, 6.07) is 7.68. The van der Waals surface area contributed by atoms with Crippen molar-refractivity contribution in [1.82, 2.24) is 5.32 Å². The van der Waals surface area contributed by atoms with E-state index in [-0.39, 0.29) is 6.61 Å². The standard InChI is InChI=1S/C13H20N2O2/c1-4-15-13(3,12(14)16)9-17-11-8-6-5-7-10(11)2/h5-8,15H,4,9H2,1-3H3,(H2,14,16). The Labute approximate surface area is 102 Å². The summed E-state index contributed by atoms with van der Waals surface area (Å²) in [6.45, 7) is 6.52. The van der Waals surface area contributed by atoms with Gasteiger partial charge in [-0.15, -0.1) is 0 Å². The summed E-state index contributed by atoms with van der Waals surface area (Å²) >= 11 is 0. The number of ether oxygens (including phenoxy) is 1. The molecule has 1 aromatic carbocycles. The summed E-state index contributed by atoms with van der Waals surface area (Å²) < 4.78 is 5.65. The number of likely N-dealkylation sites (N-methyl/N-ethyl adjacent to an activating group) is 1. The first-order valence-corrected chi connectivity index (χ1v) is 5.73. The van der Waals surface area contributed by atoms with Gasteiger partial charge in [-0.05, 0) is 32.0 Å². The monoisotopic (exact) mass is 236 g/mol. The Kier molecular flexibility index (Phi) is 4.52. The molecular formula is C13H20N2O2. The van der Waals surface area contributed by atoms with Crippen molar-refractivity contribution in [3.8, 4) is 5.75 Å². The molecule has 1 atom stereocenters. The number of primary amides is 1. The van der Waals surface area contributed by atoms with Crippen LogP contribution < -0.4 is 15.8 Å². The second kappa shape index (κ2) is 5.68. The van der Waals surface area contributed by atoms with Crippen LogP contribution in [0.3, 0.4) is 0 Å². The van der Waals surface area contributed by atoms with Crippen LogP contribution in [0.15, 0.2) is 24.3 Å². The van der Waals surface area contributed by atoms with Gasteiger partial charge >= 0.3 is 0 Å². The largest absolute Gasteiger partial charge is 0.491 e. The molecule has 0 aromatic heterocycles. The van der Waals surface area contributed by atoms with E-state index in [9.17, 15) is 4.79 Å². The van der Waals surface area contributed by atoms with Gasteiger partial charge in [0.1, 0.15) is 17.9 Å². The maximum Gasteiger partial charge on any atom is 0.240 e. The molecule has 1 rings (SSSR count). The average molecular weight is 236 g/mol. The number of hydrogen-bond acceptors (Lipinski definition) is 3. The molecular weight excluding hydrogens is 216 g/mol. The lowest BCUT2D eigenvalue weighted by Gasteiger charge is -2.27. The average Bonchev–Trinajstić information content (AvgIpc) is 2.28. The molecule has 1 amide bonds. The molecule has 0 saturated carbocycles. The highest BCUT2D eigenvalue weighted by molar-refractivity contribution is 5.84. The smallest absolute Gasteiger partial charge is 0.240 e. The van der Waals surface area contributed by atoms with Gasteiger partial charge in [0, 0.05) is 0 Å². The molecule has 0 aliphatic heterocycles. The Morgan fingerprint density at radius 1 is 1.47 bits per heavy atom. The van der Waals surface area contributed by atoms with E-state index in [1.807, 2.05) is 38.1 Å². The highest BCUT2D eigenvalue weighted by Crippen LogP contribution is 2.17. The van der Waals surface area contributed by atoms with Gasteiger partial charge in [0.05, 0.1) is 0 Å². The van der Waals surface area contributed by atoms with Gasteiger partial charge in [-0.3, -0.25) is 4.79 Å². The van der Waals surface area contributed by atoms with Gasteiger partial charge < -0.3 is 15.8 Å². The van der Waals surface area contributed by atoms with Crippen molar-refractivity contribution >= 4 is 5.91 Å². The Balaban J connectivity index is 2.71. The SMILES string of the molecule is CCNC(C)(COc1ccccc1C)C(N)=O. The van der Waals surface area contributed by atoms with Crippen molar-refractivity contribution in [2.75, 3.05) is 13.2 Å². The maximum absolute atomic E-state index is 11.4. The van der Waals surface area contributed by atoms with Crippen LogP contribution in [-0.2, 0) is 4.79 Å². The lowest BCUT2D eigenvalue weighted by Crippen LogP contribution is -2.57. The number of amides is 1. The number of aryl methyl sites for hydroxylation is 1. The fourth-order valence-corrected chi connectivity index (χ4v) is 1.54. The quantitative estimate of drug-likeness (QED) is 0.780. The maximum atomic E-state index is 11.4. The number of hydrogen-bond donors (Lipinski definition) is 2. The highest BCUT2D eigenvalue weighted by Gasteiger charge is 2.31. The number of benzene rings is 1. The number of para-hydroxylation sites is 1. The Bertz CT molecular complexity index is 393. The molecule has 0 fully saturated rings. The minimum Gasteiger partial charge on any atom is -0.491 e. The number of carbonyl (C=O) groups is 1. The van der Waals surface area contributed by atoms with Crippen molar-refractivity contribution in [2.45, 2.75) is 26.3 Å². The Morgan fingerprint density at radius 2 is 2.12 bits per heavy atom. The molecule has 4 nitrogen and oxygen atoms in total. The van der Waals surface area contributed by atoms with Crippen molar-refractivity contribution in [3.63, 3.8) is 0 Å². The Hall–Kier alpha value is -1.55. The van der Waals surface area contributed by atoms with Crippen molar-refractivity contribution in [2.24, 2.45) is 5.73 Å². The summed E-state index contributed by atoms with van der Waals surface area (Å²) in [6.07, 6.45) is 0. The van der Waals surface area contributed by atoms with Gasteiger partial charge in [0.15, 0.2) is 0 Å². The van der Waals surface area contributed by atoms with Crippen molar-refractivity contribution in [3.05, 3.63) is 29.8 Å². The van der Waals surface area contributed by atoms with Gasteiger partial charge in [-0.1, -0.05) is 25.1 Å². The van der Waals surface area contributed by atoms with Crippen molar-refractivity contribution in [1.29, 1.82) is 0 Å². The molecule has 4 heteroatoms. The first kappa shape index (κ1) is 13.5. The minimum atomic E-state index is -0.836. The predicted octanol–water partition coefficient (Wildman–Crippen LogP) is 1.23. The zero-order valence-corrected chi connectivity index (χ0v) is 10.6. The molecule has 94 valence electrons. The molecule has 0 saturated heterocycles. The molecule has 0 bridgehead atoms. The van der Waals surface area contributed by atoms with E-state index in [1.165, 1.54) is 0 Å². The molecule has 3 N–H and O–H groups in total. The molecule has 0 aliphatic carbocycles. The molecule has 0 heterocycles. The third-order valence-electron chi connectivity index (χ3n) is 2.72. The molecule has 0 spiro atoms. The first-order chi connectivity index (χ1) is 7.99. The molecule has 0 aliphatic rings. The van der Waals surface area contributed by atoms with Gasteiger partial charge in [0.2, 0.25) is 5.91 Å². The van der Waals surface area contributed by atoms with E-state index in [0.29, 0.717) is 6.54 Å². The molecule has 1 unspecified atom stereocenters. The van der Waals surface area contributed by atoms with Crippen LogP contribution in [0, 0.1) is 6.92 Å². The van der Waals surface area contributed by atoms with E-state index in [0.717, 1.165) is 11.3 Å². The number of carbonyl (C=O) groups excluding carboxylic acids is 1. The van der Waals surface area contributed by atoms with E-state index >= 15 is 0 Å². The molecule has 17 heavy (non-hydrogen) atoms. The van der Waals surface area contributed by atoms with Crippen LogP contribution in [-0.4, -0.2) is 24.6 Å². The summed E-state index contributed by atoms with van der Waals surface area (Å²) in [5, 5.41) is 3.05. The van der Waals surface area contributed by atoms with Gasteiger partial charge in [-0.2, -0.15) is 0 Å². The summed E-state index contributed by atoms with van der Waals surface area (Å²) in [5.41, 5.74) is 5.58. The topological polar surface area (TPSA) is 64.3 Å². The predicted molar refractivity (Wildman–Crippen MR) is 68.0 cm³/mol. The van der Waals surface area contributed by atoms with Crippen LogP contribution in [0.1, 0.15) is 19.4 Å². The minimum absolute atomic E-state index is 0.223. The fraction of sp³-hybridized carbons (Fsp3) is 0.462. The fourth-order valence-electron chi connectivity index (χ4n) is 1.54. The van der Waals surface area contributed by atoms with E-state index < -0.39 is 11.4 Å². The highest BCUT2D eigenvalue weighted by atomic mass is 16.5. The summed E-state index contributed by atoms with van der Waals surface area (Å²) in [4.78, 5) is 11.4. The Morgan fingerprint density at radius 3 is 2.65 bits per heavy atom. The van der Waals surface area contributed by atoms with Crippen LogP contribution in [0.2, 0.25) is 0 Å². The summed E-state index contributed by atoms with van der Waals surface area (Å²) in [7, 11) is 0. The van der Waals surface area contributed by atoms with E-state index in [1.54, 1.807) is 6.92 Å².